The maximum Gasteiger partial charge on any atom is 0.250 e. The zero-order chi connectivity index (χ0) is 21.3. The number of amides is 1. The zero-order valence-electron chi connectivity index (χ0n) is 17.2. The van der Waals surface area contributed by atoms with E-state index in [4.69, 9.17) is 14.2 Å². The van der Waals surface area contributed by atoms with Crippen LogP contribution in [0.2, 0.25) is 0 Å². The second-order valence-electron chi connectivity index (χ2n) is 6.35. The zero-order valence-corrected chi connectivity index (χ0v) is 18.0. The third kappa shape index (κ3) is 5.61. The standard InChI is InChI=1S/C23H24N2O4S/c1-4-13-29-20-11-5-16(14-21(20)28-3)6-12-22(26)25-23-24-19(15-30-23)17-7-9-18(27-2)10-8-17/h5-12,14-15H,4,13H2,1-3H3,(H,24,25,26). The van der Waals surface area contributed by atoms with E-state index in [1.54, 1.807) is 20.3 Å². The van der Waals surface area contributed by atoms with E-state index < -0.39 is 0 Å². The molecule has 0 saturated heterocycles. The molecule has 3 aromatic rings. The van der Waals surface area contributed by atoms with Gasteiger partial charge in [0.05, 0.1) is 26.5 Å². The fraction of sp³-hybridized carbons (Fsp3) is 0.217. The van der Waals surface area contributed by atoms with Crippen LogP contribution in [0.4, 0.5) is 5.13 Å². The van der Waals surface area contributed by atoms with Crippen LogP contribution in [0, 0.1) is 0 Å². The maximum atomic E-state index is 12.3. The van der Waals surface area contributed by atoms with Crippen LogP contribution in [0.15, 0.2) is 53.9 Å². The third-order valence-electron chi connectivity index (χ3n) is 4.20. The van der Waals surface area contributed by atoms with E-state index in [0.717, 1.165) is 29.0 Å². The summed E-state index contributed by atoms with van der Waals surface area (Å²) in [5.41, 5.74) is 2.60. The quantitative estimate of drug-likeness (QED) is 0.474. The lowest BCUT2D eigenvalue weighted by Gasteiger charge is -2.10. The number of methoxy groups -OCH3 is 2. The number of nitrogens with zero attached hydrogens (tertiary/aromatic N) is 1. The van der Waals surface area contributed by atoms with Crippen molar-refractivity contribution in [3.63, 3.8) is 0 Å². The molecule has 30 heavy (non-hydrogen) atoms. The summed E-state index contributed by atoms with van der Waals surface area (Å²) in [7, 11) is 3.22. The Labute approximate surface area is 180 Å². The first-order chi connectivity index (χ1) is 14.6. The van der Waals surface area contributed by atoms with E-state index in [9.17, 15) is 4.79 Å². The molecule has 0 aliphatic carbocycles. The Bertz CT molecular complexity index is 1010. The van der Waals surface area contributed by atoms with E-state index in [0.29, 0.717) is 23.2 Å². The number of carbonyl (C=O) groups is 1. The molecular formula is C23H24N2O4S. The van der Waals surface area contributed by atoms with E-state index in [1.807, 2.05) is 54.8 Å². The Hall–Kier alpha value is -3.32. The number of aromatic nitrogens is 1. The van der Waals surface area contributed by atoms with Gasteiger partial charge in [0, 0.05) is 17.0 Å². The summed E-state index contributed by atoms with van der Waals surface area (Å²) in [6.45, 7) is 2.67. The molecule has 3 rings (SSSR count). The second-order valence-corrected chi connectivity index (χ2v) is 7.21. The van der Waals surface area contributed by atoms with Gasteiger partial charge < -0.3 is 14.2 Å². The number of rotatable bonds is 9. The number of nitrogens with one attached hydrogen (secondary N) is 1. The molecule has 7 heteroatoms. The minimum absolute atomic E-state index is 0.254. The number of ether oxygens (including phenoxy) is 3. The largest absolute Gasteiger partial charge is 0.497 e. The van der Waals surface area contributed by atoms with E-state index in [1.165, 1.54) is 17.4 Å². The highest BCUT2D eigenvalue weighted by Gasteiger charge is 2.08. The fourth-order valence-corrected chi connectivity index (χ4v) is 3.39. The molecule has 0 aliphatic rings. The SMILES string of the molecule is CCCOc1ccc(C=CC(=O)Nc2nc(-c3ccc(OC)cc3)cs2)cc1OC. The van der Waals surface area contributed by atoms with Crippen molar-refractivity contribution in [3.8, 4) is 28.5 Å². The molecule has 1 aromatic heterocycles. The van der Waals surface area contributed by atoms with Gasteiger partial charge in [-0.3, -0.25) is 10.1 Å². The number of hydrogen-bond acceptors (Lipinski definition) is 6. The highest BCUT2D eigenvalue weighted by Crippen LogP contribution is 2.29. The summed E-state index contributed by atoms with van der Waals surface area (Å²) in [4.78, 5) is 16.7. The molecule has 0 aliphatic heterocycles. The van der Waals surface area contributed by atoms with Gasteiger partial charge >= 0.3 is 0 Å². The number of carbonyl (C=O) groups excluding carboxylic acids is 1. The van der Waals surface area contributed by atoms with Gasteiger partial charge in [-0.1, -0.05) is 13.0 Å². The number of anilines is 1. The van der Waals surface area contributed by atoms with Crippen LogP contribution in [0.3, 0.4) is 0 Å². The average molecular weight is 425 g/mol. The minimum atomic E-state index is -0.254. The van der Waals surface area contributed by atoms with Crippen molar-refractivity contribution in [1.82, 2.24) is 4.98 Å². The smallest absolute Gasteiger partial charge is 0.250 e. The molecule has 2 aromatic carbocycles. The van der Waals surface area contributed by atoms with Crippen molar-refractivity contribution in [2.24, 2.45) is 0 Å². The Morgan fingerprint density at radius 3 is 2.60 bits per heavy atom. The van der Waals surface area contributed by atoms with Crippen molar-refractivity contribution >= 4 is 28.5 Å². The predicted octanol–water partition coefficient (Wildman–Crippen LogP) is 5.27. The molecule has 0 radical (unpaired) electrons. The van der Waals surface area contributed by atoms with Crippen LogP contribution in [0.1, 0.15) is 18.9 Å². The molecule has 6 nitrogen and oxygen atoms in total. The summed E-state index contributed by atoms with van der Waals surface area (Å²) >= 11 is 1.38. The highest BCUT2D eigenvalue weighted by molar-refractivity contribution is 7.14. The van der Waals surface area contributed by atoms with Crippen LogP contribution in [-0.4, -0.2) is 31.7 Å². The Morgan fingerprint density at radius 2 is 1.90 bits per heavy atom. The summed E-state index contributed by atoms with van der Waals surface area (Å²) in [6.07, 6.45) is 4.11. The maximum absolute atomic E-state index is 12.3. The van der Waals surface area contributed by atoms with Gasteiger partial charge in [0.2, 0.25) is 5.91 Å². The summed E-state index contributed by atoms with van der Waals surface area (Å²) in [5.74, 6) is 1.86. The molecule has 156 valence electrons. The van der Waals surface area contributed by atoms with Gasteiger partial charge in [-0.2, -0.15) is 0 Å². The van der Waals surface area contributed by atoms with Gasteiger partial charge in [-0.15, -0.1) is 11.3 Å². The second kappa shape index (κ2) is 10.5. The van der Waals surface area contributed by atoms with Crippen molar-refractivity contribution in [2.45, 2.75) is 13.3 Å². The van der Waals surface area contributed by atoms with Crippen LogP contribution < -0.4 is 19.5 Å². The highest BCUT2D eigenvalue weighted by atomic mass is 32.1. The monoisotopic (exact) mass is 424 g/mol. The molecule has 0 atom stereocenters. The summed E-state index contributed by atoms with van der Waals surface area (Å²) in [5, 5.41) is 5.24. The van der Waals surface area contributed by atoms with E-state index in [2.05, 4.69) is 10.3 Å². The van der Waals surface area contributed by atoms with Gasteiger partial charge in [-0.25, -0.2) is 4.98 Å². The van der Waals surface area contributed by atoms with Crippen LogP contribution in [0.5, 0.6) is 17.2 Å². The molecule has 0 spiro atoms. The molecule has 0 saturated carbocycles. The first-order valence-corrected chi connectivity index (χ1v) is 10.4. The normalized spacial score (nSPS) is 10.8. The fourth-order valence-electron chi connectivity index (χ4n) is 2.66. The first-order valence-electron chi connectivity index (χ1n) is 9.52. The minimum Gasteiger partial charge on any atom is -0.497 e. The van der Waals surface area contributed by atoms with Crippen LogP contribution in [-0.2, 0) is 4.79 Å². The number of thiazole rings is 1. The lowest BCUT2D eigenvalue weighted by atomic mass is 10.2. The number of benzene rings is 2. The van der Waals surface area contributed by atoms with E-state index in [-0.39, 0.29) is 5.91 Å². The lowest BCUT2D eigenvalue weighted by Crippen LogP contribution is -2.07. The van der Waals surface area contributed by atoms with Crippen molar-refractivity contribution in [1.29, 1.82) is 0 Å². The molecule has 1 N–H and O–H groups in total. The Balaban J connectivity index is 1.62. The van der Waals surface area contributed by atoms with Crippen molar-refractivity contribution < 1.29 is 19.0 Å². The number of hydrogen-bond donors (Lipinski definition) is 1. The summed E-state index contributed by atoms with van der Waals surface area (Å²) in [6, 6.07) is 13.2. The van der Waals surface area contributed by atoms with Gasteiger partial charge in [0.1, 0.15) is 5.75 Å². The molecule has 1 amide bonds. The third-order valence-corrected chi connectivity index (χ3v) is 4.95. The summed E-state index contributed by atoms with van der Waals surface area (Å²) < 4.78 is 16.2. The average Bonchev–Trinajstić information content (AvgIpc) is 3.24. The molecule has 1 heterocycles. The van der Waals surface area contributed by atoms with Crippen LogP contribution in [0.25, 0.3) is 17.3 Å². The topological polar surface area (TPSA) is 69.7 Å². The predicted molar refractivity (Wildman–Crippen MR) is 121 cm³/mol. The Morgan fingerprint density at radius 1 is 1.10 bits per heavy atom. The van der Waals surface area contributed by atoms with E-state index >= 15 is 0 Å². The molecular weight excluding hydrogens is 400 g/mol. The molecule has 0 bridgehead atoms. The van der Waals surface area contributed by atoms with Gasteiger partial charge in [-0.05, 0) is 54.5 Å². The molecule has 0 unspecified atom stereocenters. The lowest BCUT2D eigenvalue weighted by molar-refractivity contribution is -0.111. The van der Waals surface area contributed by atoms with Crippen molar-refractivity contribution in [2.75, 3.05) is 26.1 Å². The van der Waals surface area contributed by atoms with Crippen LogP contribution >= 0.6 is 11.3 Å². The van der Waals surface area contributed by atoms with Crippen molar-refractivity contribution in [3.05, 3.63) is 59.5 Å². The first kappa shape index (κ1) is 21.4. The van der Waals surface area contributed by atoms with Gasteiger partial charge in [0.15, 0.2) is 16.6 Å². The Kier molecular flexibility index (Phi) is 7.45. The van der Waals surface area contributed by atoms with Gasteiger partial charge in [0.25, 0.3) is 0 Å². The molecule has 0 fully saturated rings.